The third-order valence-electron chi connectivity index (χ3n) is 19.2. The lowest BCUT2D eigenvalue weighted by Crippen LogP contribution is -2.40. The van der Waals surface area contributed by atoms with Crippen molar-refractivity contribution in [1.82, 2.24) is 0 Å². The van der Waals surface area contributed by atoms with Gasteiger partial charge in [-0.2, -0.15) is 0 Å². The maximum absolute atomic E-state index is 2.81. The minimum atomic E-state index is 0.180. The fourth-order valence-corrected chi connectivity index (χ4v) is 15.5. The Balaban J connectivity index is 1.07. The van der Waals surface area contributed by atoms with Crippen LogP contribution in [0.5, 0.6) is 0 Å². The second-order valence-corrected chi connectivity index (χ2v) is 27.1. The van der Waals surface area contributed by atoms with Gasteiger partial charge in [-0.1, -0.05) is 208 Å². The second kappa shape index (κ2) is 16.8. The van der Waals surface area contributed by atoms with Crippen LogP contribution in [0.4, 0.5) is 0 Å². The lowest BCUT2D eigenvalue weighted by molar-refractivity contribution is 0.0440. The third kappa shape index (κ3) is 8.61. The average molecular weight is 837 g/mol. The van der Waals surface area contributed by atoms with E-state index in [1.54, 1.807) is 22.3 Å². The van der Waals surface area contributed by atoms with Gasteiger partial charge in [-0.15, -0.1) is 0 Å². The molecule has 0 radical (unpaired) electrons. The molecular weight excluding hydrogens is 745 g/mol. The fourth-order valence-electron chi connectivity index (χ4n) is 15.5. The molecule has 0 nitrogen and oxygen atoms in total. The van der Waals surface area contributed by atoms with Crippen molar-refractivity contribution in [2.45, 2.75) is 174 Å². The molecule has 62 heavy (non-hydrogen) atoms. The van der Waals surface area contributed by atoms with Gasteiger partial charge in [0, 0.05) is 0 Å². The predicted octanol–water partition coefficient (Wildman–Crippen LogP) is 17.9. The molecule has 0 N–H and O–H groups in total. The first-order chi connectivity index (χ1) is 29.0. The summed E-state index contributed by atoms with van der Waals surface area (Å²) in [6.07, 6.45) is 53.8. The van der Waals surface area contributed by atoms with Crippen molar-refractivity contribution in [3.63, 3.8) is 0 Å². The maximum Gasteiger partial charge on any atom is -0.00952 e. The summed E-state index contributed by atoms with van der Waals surface area (Å²) >= 11 is 0. The molecule has 0 saturated heterocycles. The Kier molecular flexibility index (Phi) is 12.5. The van der Waals surface area contributed by atoms with Crippen LogP contribution in [0.15, 0.2) is 107 Å². The molecule has 4 saturated carbocycles. The van der Waals surface area contributed by atoms with Gasteiger partial charge in [-0.3, -0.25) is 0 Å². The molecule has 0 aliphatic heterocycles. The van der Waals surface area contributed by atoms with Gasteiger partial charge < -0.3 is 0 Å². The smallest absolute Gasteiger partial charge is 0.00952 e. The maximum atomic E-state index is 2.81. The van der Waals surface area contributed by atoms with Crippen LogP contribution in [0.3, 0.4) is 0 Å². The molecule has 0 spiro atoms. The van der Waals surface area contributed by atoms with Gasteiger partial charge in [0.15, 0.2) is 0 Å². The Morgan fingerprint density at radius 1 is 0.371 bits per heavy atom. The van der Waals surface area contributed by atoms with Gasteiger partial charge in [0.25, 0.3) is 0 Å². The Morgan fingerprint density at radius 3 is 0.839 bits per heavy atom. The van der Waals surface area contributed by atoms with E-state index < -0.39 is 0 Å². The van der Waals surface area contributed by atoms with Gasteiger partial charge >= 0.3 is 0 Å². The highest BCUT2D eigenvalue weighted by atomic mass is 14.6. The molecule has 10 atom stereocenters. The Bertz CT molecular complexity index is 1680. The van der Waals surface area contributed by atoms with Crippen LogP contribution in [0, 0.1) is 104 Å². The second-order valence-electron chi connectivity index (χ2n) is 27.1. The summed E-state index contributed by atoms with van der Waals surface area (Å²) in [6.45, 7) is 34.7. The van der Waals surface area contributed by atoms with Crippen LogP contribution in [0.25, 0.3) is 0 Å². The summed E-state index contributed by atoms with van der Waals surface area (Å²) < 4.78 is 0. The standard InChI is InChI=1S/C62H92/c1-57(2,3)43-27-31-47-48-32-28-44(58(4,5)6)38-52(48)55(51(47)37-43)61(13,41-23-17-18-24-41)35-21-15-16-22-36-62(14,42-25-19-20-26-42)56-53-39-45(59(7,8)9)29-33-49(53)50-34-30-46(40-54(50)56)60(10,11)12/h15-16,27-34,37-42,47-56H,17-26,35-36H2,1-14H3/b16-15+. The molecule has 0 amide bonds. The molecule has 0 aromatic carbocycles. The monoisotopic (exact) mass is 837 g/mol. The minimum Gasteiger partial charge on any atom is -0.0885 e. The summed E-state index contributed by atoms with van der Waals surface area (Å²) in [5.41, 5.74) is 7.62. The van der Waals surface area contributed by atoms with Gasteiger partial charge in [0.1, 0.15) is 0 Å². The molecule has 340 valence electrons. The summed E-state index contributed by atoms with van der Waals surface area (Å²) in [4.78, 5) is 0. The fraction of sp³-hybridized carbons (Fsp3) is 0.710. The zero-order chi connectivity index (χ0) is 44.6. The summed E-state index contributed by atoms with van der Waals surface area (Å²) in [6, 6.07) is 0. The normalized spacial score (nSPS) is 35.8. The number of hydrogen-bond acceptors (Lipinski definition) is 0. The van der Waals surface area contributed by atoms with Crippen molar-refractivity contribution in [1.29, 1.82) is 0 Å². The van der Waals surface area contributed by atoms with Crippen LogP contribution in [-0.4, -0.2) is 0 Å². The minimum absolute atomic E-state index is 0.180. The number of allylic oxidation sites excluding steroid dienone is 18. The van der Waals surface area contributed by atoms with Gasteiger partial charge in [-0.25, -0.2) is 0 Å². The molecule has 0 bridgehead atoms. The highest BCUT2D eigenvalue weighted by Gasteiger charge is 2.59. The van der Waals surface area contributed by atoms with Crippen molar-refractivity contribution in [3.8, 4) is 0 Å². The van der Waals surface area contributed by atoms with E-state index in [9.17, 15) is 0 Å². The van der Waals surface area contributed by atoms with Crippen LogP contribution in [-0.2, 0) is 0 Å². The van der Waals surface area contributed by atoms with E-state index in [4.69, 9.17) is 0 Å². The van der Waals surface area contributed by atoms with E-state index >= 15 is 0 Å². The molecule has 4 fully saturated rings. The van der Waals surface area contributed by atoms with Crippen molar-refractivity contribution in [2.75, 3.05) is 0 Å². The Labute approximate surface area is 383 Å². The Morgan fingerprint density at radius 2 is 0.613 bits per heavy atom. The molecule has 0 aromatic heterocycles. The van der Waals surface area contributed by atoms with Crippen molar-refractivity contribution in [3.05, 3.63) is 107 Å². The lowest BCUT2D eigenvalue weighted by Gasteiger charge is -2.47. The van der Waals surface area contributed by atoms with Crippen LogP contribution in [0.2, 0.25) is 0 Å². The van der Waals surface area contributed by atoms with Crippen LogP contribution < -0.4 is 0 Å². The molecule has 0 heteroatoms. The molecular formula is C62H92. The molecule has 8 aliphatic carbocycles. The molecule has 8 rings (SSSR count). The predicted molar refractivity (Wildman–Crippen MR) is 269 cm³/mol. The third-order valence-corrected chi connectivity index (χ3v) is 19.2. The average Bonchev–Trinajstić information content (AvgIpc) is 4.03. The number of rotatable bonds is 10. The van der Waals surface area contributed by atoms with Gasteiger partial charge in [-0.05, 0) is 177 Å². The van der Waals surface area contributed by atoms with E-state index in [1.165, 1.54) is 77.0 Å². The van der Waals surface area contributed by atoms with Crippen molar-refractivity contribution in [2.24, 2.45) is 104 Å². The van der Waals surface area contributed by atoms with Gasteiger partial charge in [0.2, 0.25) is 0 Å². The first-order valence-corrected chi connectivity index (χ1v) is 26.3. The zero-order valence-electron chi connectivity index (χ0n) is 42.5. The van der Waals surface area contributed by atoms with Crippen molar-refractivity contribution < 1.29 is 0 Å². The summed E-state index contributed by atoms with van der Waals surface area (Å²) in [5.74, 6) is 7.97. The molecule has 0 heterocycles. The van der Waals surface area contributed by atoms with Crippen LogP contribution in [0.1, 0.15) is 174 Å². The number of fused-ring (bicyclic) bond motifs is 6. The first kappa shape index (κ1) is 46.2. The van der Waals surface area contributed by atoms with E-state index in [0.717, 1.165) is 11.8 Å². The summed E-state index contributed by atoms with van der Waals surface area (Å²) in [5, 5.41) is 0. The molecule has 10 unspecified atom stereocenters. The zero-order valence-corrected chi connectivity index (χ0v) is 42.5. The number of hydrogen-bond donors (Lipinski definition) is 0. The van der Waals surface area contributed by atoms with E-state index in [0.29, 0.717) is 70.0 Å². The Hall–Kier alpha value is -2.34. The first-order valence-electron chi connectivity index (χ1n) is 26.3. The van der Waals surface area contributed by atoms with E-state index in [-0.39, 0.29) is 21.7 Å². The van der Waals surface area contributed by atoms with Gasteiger partial charge in [0.05, 0.1) is 0 Å². The largest absolute Gasteiger partial charge is 0.0885 e. The van der Waals surface area contributed by atoms with E-state index in [2.05, 4.69) is 182 Å². The topological polar surface area (TPSA) is 0 Å². The molecule has 8 aliphatic rings. The SMILES string of the molecule is CC(C)(C)C1=CC2C(C=C1)C1C=CC(C(C)(C)C)=CC1C2C(C)(CC/C=C/CCC(C)(C1CCCC1)C1C2C=C(C(C)(C)C)C=CC2C2C=CC(C(C)(C)C)=CC21)C1CCCC1. The molecule has 0 aromatic rings. The lowest BCUT2D eigenvalue weighted by atomic mass is 9.57. The summed E-state index contributed by atoms with van der Waals surface area (Å²) in [7, 11) is 0. The van der Waals surface area contributed by atoms with Crippen LogP contribution >= 0.6 is 0 Å². The van der Waals surface area contributed by atoms with Crippen molar-refractivity contribution >= 4 is 0 Å². The highest BCUT2D eigenvalue weighted by Crippen LogP contribution is 2.66. The quantitative estimate of drug-likeness (QED) is 0.192. The van der Waals surface area contributed by atoms with E-state index in [1.807, 2.05) is 0 Å². The highest BCUT2D eigenvalue weighted by molar-refractivity contribution is 5.41.